The zero-order chi connectivity index (χ0) is 17.1. The highest BCUT2D eigenvalue weighted by molar-refractivity contribution is 7.10. The Morgan fingerprint density at radius 2 is 2.29 bits per heavy atom. The van der Waals surface area contributed by atoms with E-state index in [0.717, 1.165) is 31.6 Å². The van der Waals surface area contributed by atoms with E-state index >= 15 is 0 Å². The van der Waals surface area contributed by atoms with E-state index in [0.29, 0.717) is 24.2 Å². The molecule has 1 aliphatic heterocycles. The number of nitrogens with zero attached hydrogens (tertiary/aromatic N) is 2. The lowest BCUT2D eigenvalue weighted by Crippen LogP contribution is -2.44. The maximum absolute atomic E-state index is 12.3. The number of carbonyl (C=O) groups excluding carboxylic acids is 1. The number of thiophene rings is 1. The molecule has 0 saturated heterocycles. The summed E-state index contributed by atoms with van der Waals surface area (Å²) in [6.07, 6.45) is 2.02. The van der Waals surface area contributed by atoms with Crippen LogP contribution in [0.2, 0.25) is 0 Å². The van der Waals surface area contributed by atoms with E-state index in [1.807, 2.05) is 17.4 Å². The molecule has 24 heavy (non-hydrogen) atoms. The molecule has 3 rings (SSSR count). The van der Waals surface area contributed by atoms with E-state index in [1.165, 1.54) is 10.4 Å². The van der Waals surface area contributed by atoms with Gasteiger partial charge in [-0.1, -0.05) is 13.8 Å². The molecule has 2 aromatic rings. The highest BCUT2D eigenvalue weighted by Crippen LogP contribution is 2.24. The molecule has 0 aliphatic carbocycles. The van der Waals surface area contributed by atoms with Crippen molar-refractivity contribution in [3.8, 4) is 0 Å². The third-order valence-corrected chi connectivity index (χ3v) is 5.53. The van der Waals surface area contributed by atoms with Gasteiger partial charge in [-0.15, -0.1) is 11.3 Å². The Kier molecular flexibility index (Phi) is 5.36. The minimum Gasteiger partial charge on any atom is -0.349 e. The fourth-order valence-corrected chi connectivity index (χ4v) is 4.02. The molecular weight excluding hydrogens is 320 g/mol. The first-order chi connectivity index (χ1) is 11.5. The molecule has 6 heteroatoms. The van der Waals surface area contributed by atoms with Gasteiger partial charge in [-0.05, 0) is 48.8 Å². The summed E-state index contributed by atoms with van der Waals surface area (Å²) in [6, 6.07) is 4.40. The predicted octanol–water partition coefficient (Wildman–Crippen LogP) is 2.85. The van der Waals surface area contributed by atoms with Crippen LogP contribution < -0.4 is 5.32 Å². The van der Waals surface area contributed by atoms with E-state index in [2.05, 4.69) is 52.6 Å². The largest absolute Gasteiger partial charge is 0.349 e. The highest BCUT2D eigenvalue weighted by atomic mass is 32.1. The second-order valence-electron chi connectivity index (χ2n) is 7.02. The summed E-state index contributed by atoms with van der Waals surface area (Å²) >= 11 is 1.85. The lowest BCUT2D eigenvalue weighted by Gasteiger charge is -2.32. The number of aromatic amines is 1. The van der Waals surface area contributed by atoms with Gasteiger partial charge in [-0.25, -0.2) is 0 Å². The van der Waals surface area contributed by atoms with Gasteiger partial charge in [0.15, 0.2) is 0 Å². The molecule has 5 nitrogen and oxygen atoms in total. The summed E-state index contributed by atoms with van der Waals surface area (Å²) in [5, 5.41) is 12.3. The maximum Gasteiger partial charge on any atom is 0.271 e. The number of nitrogens with one attached hydrogen (secondary N) is 2. The number of hydrogen-bond acceptors (Lipinski definition) is 4. The Hall–Kier alpha value is -1.66. The molecule has 130 valence electrons. The van der Waals surface area contributed by atoms with Gasteiger partial charge in [0.05, 0.1) is 0 Å². The minimum absolute atomic E-state index is 0.0960. The molecule has 1 amide bonds. The number of carbonyl (C=O) groups is 1. The molecule has 1 aliphatic rings. The van der Waals surface area contributed by atoms with E-state index in [4.69, 9.17) is 0 Å². The lowest BCUT2D eigenvalue weighted by molar-refractivity contribution is 0.0927. The molecule has 1 atom stereocenters. The monoisotopic (exact) mass is 346 g/mol. The Morgan fingerprint density at radius 1 is 1.46 bits per heavy atom. The van der Waals surface area contributed by atoms with Crippen molar-refractivity contribution < 1.29 is 4.79 Å². The molecule has 3 heterocycles. The summed E-state index contributed by atoms with van der Waals surface area (Å²) < 4.78 is 0. The van der Waals surface area contributed by atoms with Gasteiger partial charge in [0.2, 0.25) is 0 Å². The molecule has 0 fully saturated rings. The first-order valence-corrected chi connectivity index (χ1v) is 9.52. The van der Waals surface area contributed by atoms with Crippen LogP contribution >= 0.6 is 11.3 Å². The van der Waals surface area contributed by atoms with Crippen LogP contribution in [0, 0.1) is 5.92 Å². The number of H-pyrrole nitrogens is 1. The Bertz CT molecular complexity index is 691. The average molecular weight is 346 g/mol. The maximum atomic E-state index is 12.3. The van der Waals surface area contributed by atoms with Gasteiger partial charge in [0.25, 0.3) is 5.91 Å². The summed E-state index contributed by atoms with van der Waals surface area (Å²) in [7, 11) is 0. The van der Waals surface area contributed by atoms with Gasteiger partial charge in [0, 0.05) is 36.2 Å². The third-order valence-electron chi connectivity index (χ3n) is 4.51. The number of fused-ring (bicyclic) bond motifs is 1. The van der Waals surface area contributed by atoms with Crippen molar-refractivity contribution in [3.63, 3.8) is 0 Å². The fourth-order valence-electron chi connectivity index (χ4n) is 3.13. The van der Waals surface area contributed by atoms with Crippen molar-refractivity contribution in [2.45, 2.75) is 46.2 Å². The SMILES string of the molecule is CC(C)Cc1cc(C(=O)NCC(C)N2CCc3sccc3C2)n[nH]1. The van der Waals surface area contributed by atoms with Crippen LogP contribution in [0.1, 0.15) is 47.4 Å². The van der Waals surface area contributed by atoms with E-state index in [-0.39, 0.29) is 5.91 Å². The Morgan fingerprint density at radius 3 is 3.08 bits per heavy atom. The molecule has 0 saturated carbocycles. The summed E-state index contributed by atoms with van der Waals surface area (Å²) in [6.45, 7) is 9.17. The molecule has 0 spiro atoms. The molecular formula is C18H26N4OS. The van der Waals surface area contributed by atoms with E-state index in [9.17, 15) is 4.79 Å². The van der Waals surface area contributed by atoms with Crippen LogP contribution in [-0.4, -0.2) is 40.1 Å². The number of aromatic nitrogens is 2. The summed E-state index contributed by atoms with van der Waals surface area (Å²) in [5.41, 5.74) is 2.94. The van der Waals surface area contributed by atoms with Gasteiger partial charge < -0.3 is 5.32 Å². The standard InChI is InChI=1S/C18H26N4OS/c1-12(2)8-15-9-16(21-20-15)18(23)19-10-13(3)22-6-4-17-14(11-22)5-7-24-17/h5,7,9,12-13H,4,6,8,10-11H2,1-3H3,(H,19,23)(H,20,21). The Balaban J connectivity index is 1.50. The van der Waals surface area contributed by atoms with Crippen LogP contribution in [0.15, 0.2) is 17.5 Å². The molecule has 1 unspecified atom stereocenters. The summed E-state index contributed by atoms with van der Waals surface area (Å²) in [5.74, 6) is 0.448. The smallest absolute Gasteiger partial charge is 0.271 e. The average Bonchev–Trinajstić information content (AvgIpc) is 3.19. The third kappa shape index (κ3) is 4.05. The predicted molar refractivity (Wildman–Crippen MR) is 97.4 cm³/mol. The van der Waals surface area contributed by atoms with Gasteiger partial charge in [-0.3, -0.25) is 14.8 Å². The van der Waals surface area contributed by atoms with Crippen molar-refractivity contribution >= 4 is 17.2 Å². The minimum atomic E-state index is -0.0960. The van der Waals surface area contributed by atoms with Crippen molar-refractivity contribution in [2.24, 2.45) is 5.92 Å². The highest BCUT2D eigenvalue weighted by Gasteiger charge is 2.22. The second kappa shape index (κ2) is 7.49. The topological polar surface area (TPSA) is 61.0 Å². The van der Waals surface area contributed by atoms with Gasteiger partial charge >= 0.3 is 0 Å². The fraction of sp³-hybridized carbons (Fsp3) is 0.556. The first kappa shape index (κ1) is 17.2. The van der Waals surface area contributed by atoms with Crippen molar-refractivity contribution in [1.29, 1.82) is 0 Å². The zero-order valence-electron chi connectivity index (χ0n) is 14.6. The zero-order valence-corrected chi connectivity index (χ0v) is 15.4. The normalized spacial score (nSPS) is 16.2. The lowest BCUT2D eigenvalue weighted by atomic mass is 10.1. The van der Waals surface area contributed by atoms with Gasteiger partial charge in [-0.2, -0.15) is 5.10 Å². The molecule has 0 aromatic carbocycles. The first-order valence-electron chi connectivity index (χ1n) is 8.64. The van der Waals surface area contributed by atoms with Crippen molar-refractivity contribution in [3.05, 3.63) is 39.3 Å². The van der Waals surface area contributed by atoms with Crippen LogP contribution in [0.3, 0.4) is 0 Å². The molecule has 2 aromatic heterocycles. The quantitative estimate of drug-likeness (QED) is 0.845. The summed E-state index contributed by atoms with van der Waals surface area (Å²) in [4.78, 5) is 16.2. The van der Waals surface area contributed by atoms with Crippen LogP contribution in [-0.2, 0) is 19.4 Å². The van der Waals surface area contributed by atoms with Crippen LogP contribution in [0.25, 0.3) is 0 Å². The van der Waals surface area contributed by atoms with E-state index < -0.39 is 0 Å². The molecule has 0 bridgehead atoms. The second-order valence-corrected chi connectivity index (χ2v) is 8.03. The number of rotatable bonds is 6. The molecule has 0 radical (unpaired) electrons. The van der Waals surface area contributed by atoms with Crippen molar-refractivity contribution in [1.82, 2.24) is 20.4 Å². The molecule has 2 N–H and O–H groups in total. The Labute approximate surface area is 147 Å². The van der Waals surface area contributed by atoms with Crippen LogP contribution in [0.4, 0.5) is 0 Å². The van der Waals surface area contributed by atoms with Crippen molar-refractivity contribution in [2.75, 3.05) is 13.1 Å². The van der Waals surface area contributed by atoms with Gasteiger partial charge in [0.1, 0.15) is 5.69 Å². The number of amides is 1. The van der Waals surface area contributed by atoms with E-state index in [1.54, 1.807) is 0 Å². The number of hydrogen-bond donors (Lipinski definition) is 2. The van der Waals surface area contributed by atoms with Crippen LogP contribution in [0.5, 0.6) is 0 Å².